The number of ether oxygens (including phenoxy) is 1. The Morgan fingerprint density at radius 1 is 1.23 bits per heavy atom. The molecular weight excluding hydrogens is 356 g/mol. The Hall–Kier alpha value is -2.41. The van der Waals surface area contributed by atoms with Crippen LogP contribution in [0.5, 0.6) is 5.75 Å². The van der Waals surface area contributed by atoms with Gasteiger partial charge in [-0.15, -0.1) is 0 Å². The maximum atomic E-state index is 12.3. The Morgan fingerprint density at radius 3 is 2.54 bits per heavy atom. The molecule has 0 saturated heterocycles. The van der Waals surface area contributed by atoms with E-state index in [9.17, 15) is 9.59 Å². The number of likely N-dealkylation sites (N-methyl/N-ethyl adjacent to an activating group) is 1. The second-order valence-electron chi connectivity index (χ2n) is 5.88. The van der Waals surface area contributed by atoms with Gasteiger partial charge < -0.3 is 15.4 Å². The number of nitrogens with two attached hydrogens (primary N) is 1. The highest BCUT2D eigenvalue weighted by Crippen LogP contribution is 2.18. The molecule has 2 aromatic rings. The van der Waals surface area contributed by atoms with E-state index in [1.807, 2.05) is 18.7 Å². The number of rotatable bonds is 9. The molecule has 7 nitrogen and oxygen atoms in total. The van der Waals surface area contributed by atoms with Crippen molar-refractivity contribution in [1.29, 1.82) is 0 Å². The van der Waals surface area contributed by atoms with Crippen LogP contribution < -0.4 is 26.6 Å². The van der Waals surface area contributed by atoms with Crippen molar-refractivity contribution in [3.8, 4) is 5.75 Å². The molecule has 0 aliphatic carbocycles. The number of hydrogen-bond donors (Lipinski definition) is 2. The van der Waals surface area contributed by atoms with Crippen LogP contribution in [0.2, 0.25) is 5.02 Å². The van der Waals surface area contributed by atoms with Gasteiger partial charge in [0.2, 0.25) is 0 Å². The number of aromatic nitrogens is 2. The van der Waals surface area contributed by atoms with Gasteiger partial charge in [0.25, 0.3) is 5.56 Å². The van der Waals surface area contributed by atoms with E-state index in [2.05, 4.69) is 4.98 Å². The molecule has 1 aromatic carbocycles. The fraction of sp³-hybridized carbons (Fsp3) is 0.444. The van der Waals surface area contributed by atoms with E-state index in [1.54, 1.807) is 24.3 Å². The normalized spacial score (nSPS) is 10.7. The Kier molecular flexibility index (Phi) is 7.15. The van der Waals surface area contributed by atoms with Crippen molar-refractivity contribution >= 4 is 23.1 Å². The molecule has 0 saturated carbocycles. The van der Waals surface area contributed by atoms with Crippen LogP contribution >= 0.6 is 11.6 Å². The van der Waals surface area contributed by atoms with Crippen molar-refractivity contribution in [3.05, 3.63) is 50.1 Å². The quantitative estimate of drug-likeness (QED) is 0.697. The first-order chi connectivity index (χ1) is 12.5. The minimum absolute atomic E-state index is 0.195. The number of aromatic amines is 1. The maximum absolute atomic E-state index is 12.3. The molecule has 1 heterocycles. The summed E-state index contributed by atoms with van der Waals surface area (Å²) >= 11 is 5.85. The molecule has 0 aliphatic rings. The van der Waals surface area contributed by atoms with Crippen LogP contribution in [0, 0.1) is 0 Å². The molecule has 3 N–H and O–H groups in total. The molecule has 8 heteroatoms. The maximum Gasteiger partial charge on any atom is 0.330 e. The smallest absolute Gasteiger partial charge is 0.330 e. The highest BCUT2D eigenvalue weighted by atomic mass is 35.5. The highest BCUT2D eigenvalue weighted by molar-refractivity contribution is 6.30. The number of anilines is 2. The molecule has 0 unspecified atom stereocenters. The van der Waals surface area contributed by atoms with Gasteiger partial charge in [0.1, 0.15) is 23.9 Å². The average Bonchev–Trinajstić information content (AvgIpc) is 2.61. The number of nitrogens with one attached hydrogen (secondary N) is 1. The molecule has 0 fully saturated rings. The summed E-state index contributed by atoms with van der Waals surface area (Å²) in [5.41, 5.74) is 5.50. The number of nitrogens with zero attached hydrogens (tertiary/aromatic N) is 2. The second kappa shape index (κ2) is 9.33. The molecule has 0 radical (unpaired) electrons. The summed E-state index contributed by atoms with van der Waals surface area (Å²) in [6, 6.07) is 7.07. The molecule has 2 rings (SSSR count). The number of hydrogen-bond acceptors (Lipinski definition) is 5. The molecule has 1 aromatic heterocycles. The number of benzene rings is 1. The summed E-state index contributed by atoms with van der Waals surface area (Å²) < 4.78 is 7.11. The van der Waals surface area contributed by atoms with Crippen molar-refractivity contribution in [2.75, 3.05) is 30.3 Å². The first kappa shape index (κ1) is 19.9. The zero-order chi connectivity index (χ0) is 19.1. The van der Waals surface area contributed by atoms with E-state index in [-0.39, 0.29) is 5.82 Å². The van der Waals surface area contributed by atoms with Crippen LogP contribution in [0.4, 0.5) is 11.5 Å². The molecule has 26 heavy (non-hydrogen) atoms. The first-order valence-electron chi connectivity index (χ1n) is 8.73. The van der Waals surface area contributed by atoms with Gasteiger partial charge in [-0.05, 0) is 37.6 Å². The first-order valence-corrected chi connectivity index (χ1v) is 9.11. The third kappa shape index (κ3) is 4.82. The molecule has 0 bridgehead atoms. The van der Waals surface area contributed by atoms with Crippen molar-refractivity contribution in [2.24, 2.45) is 0 Å². The third-order valence-electron chi connectivity index (χ3n) is 4.09. The SMILES string of the molecule is CCCCn1c(N)c(N(CC)CCOc2ccc(Cl)cc2)c(=O)[nH]c1=O. The van der Waals surface area contributed by atoms with Crippen LogP contribution in [0.15, 0.2) is 33.9 Å². The fourth-order valence-electron chi connectivity index (χ4n) is 2.65. The van der Waals surface area contributed by atoms with Gasteiger partial charge in [-0.1, -0.05) is 24.9 Å². The topological polar surface area (TPSA) is 93.3 Å². The second-order valence-corrected chi connectivity index (χ2v) is 6.32. The van der Waals surface area contributed by atoms with Crippen LogP contribution in [-0.4, -0.2) is 29.2 Å². The molecule has 142 valence electrons. The molecule has 0 spiro atoms. The van der Waals surface area contributed by atoms with E-state index >= 15 is 0 Å². The lowest BCUT2D eigenvalue weighted by Gasteiger charge is -2.24. The lowest BCUT2D eigenvalue weighted by atomic mass is 10.3. The van der Waals surface area contributed by atoms with Crippen molar-refractivity contribution < 1.29 is 4.74 Å². The third-order valence-corrected chi connectivity index (χ3v) is 4.34. The Bertz CT molecular complexity index is 830. The van der Waals surface area contributed by atoms with Gasteiger partial charge in [-0.3, -0.25) is 14.3 Å². The van der Waals surface area contributed by atoms with E-state index in [0.29, 0.717) is 42.7 Å². The van der Waals surface area contributed by atoms with Gasteiger partial charge in [0.05, 0.1) is 6.54 Å². The molecule has 0 atom stereocenters. The zero-order valence-corrected chi connectivity index (χ0v) is 15.9. The largest absolute Gasteiger partial charge is 0.492 e. The van der Waals surface area contributed by atoms with Crippen molar-refractivity contribution in [1.82, 2.24) is 9.55 Å². The number of nitrogen functional groups attached to an aromatic ring is 1. The summed E-state index contributed by atoms with van der Waals surface area (Å²) in [5, 5.41) is 0.640. The monoisotopic (exact) mass is 380 g/mol. The predicted molar refractivity (Wildman–Crippen MR) is 105 cm³/mol. The summed E-state index contributed by atoms with van der Waals surface area (Å²) in [5.74, 6) is 0.890. The predicted octanol–water partition coefficient (Wildman–Crippen LogP) is 2.48. The van der Waals surface area contributed by atoms with Crippen LogP contribution in [-0.2, 0) is 6.54 Å². The summed E-state index contributed by atoms with van der Waals surface area (Å²) in [6.07, 6.45) is 1.73. The van der Waals surface area contributed by atoms with Gasteiger partial charge >= 0.3 is 5.69 Å². The van der Waals surface area contributed by atoms with E-state index in [4.69, 9.17) is 22.1 Å². The fourth-order valence-corrected chi connectivity index (χ4v) is 2.78. The summed E-state index contributed by atoms with van der Waals surface area (Å²) in [6.45, 7) is 5.80. The van der Waals surface area contributed by atoms with Crippen molar-refractivity contribution in [2.45, 2.75) is 33.2 Å². The minimum Gasteiger partial charge on any atom is -0.492 e. The lowest BCUT2D eigenvalue weighted by molar-refractivity contribution is 0.324. The van der Waals surface area contributed by atoms with Gasteiger partial charge in [0.15, 0.2) is 0 Å². The van der Waals surface area contributed by atoms with Gasteiger partial charge in [0, 0.05) is 18.1 Å². The lowest BCUT2D eigenvalue weighted by Crippen LogP contribution is -2.39. The van der Waals surface area contributed by atoms with E-state index in [0.717, 1.165) is 12.8 Å². The highest BCUT2D eigenvalue weighted by Gasteiger charge is 2.17. The van der Waals surface area contributed by atoms with Crippen molar-refractivity contribution in [3.63, 3.8) is 0 Å². The minimum atomic E-state index is -0.478. The summed E-state index contributed by atoms with van der Waals surface area (Å²) in [7, 11) is 0. The van der Waals surface area contributed by atoms with E-state index in [1.165, 1.54) is 4.57 Å². The summed E-state index contributed by atoms with van der Waals surface area (Å²) in [4.78, 5) is 28.5. The standard InChI is InChI=1S/C18H25ClN4O3/c1-3-5-10-23-16(20)15(17(24)21-18(23)25)22(4-2)11-12-26-14-8-6-13(19)7-9-14/h6-9H,3-5,10-12,20H2,1-2H3,(H,21,24,25). The number of unbranched alkanes of at least 4 members (excludes halogenated alkanes) is 1. The Labute approximate surface area is 157 Å². The Morgan fingerprint density at radius 2 is 1.92 bits per heavy atom. The van der Waals surface area contributed by atoms with E-state index < -0.39 is 11.2 Å². The van der Waals surface area contributed by atoms with Crippen LogP contribution in [0.3, 0.4) is 0 Å². The zero-order valence-electron chi connectivity index (χ0n) is 15.1. The average molecular weight is 381 g/mol. The van der Waals surface area contributed by atoms with Crippen LogP contribution in [0.25, 0.3) is 0 Å². The molecular formula is C18H25ClN4O3. The molecule has 0 aliphatic heterocycles. The number of halogens is 1. The molecule has 0 amide bonds. The number of H-pyrrole nitrogens is 1. The Balaban J connectivity index is 2.16. The van der Waals surface area contributed by atoms with Gasteiger partial charge in [-0.2, -0.15) is 0 Å². The van der Waals surface area contributed by atoms with Gasteiger partial charge in [-0.25, -0.2) is 4.79 Å². The van der Waals surface area contributed by atoms with Crippen LogP contribution in [0.1, 0.15) is 26.7 Å².